The third kappa shape index (κ3) is 5.97. The van der Waals surface area contributed by atoms with Crippen LogP contribution in [0.25, 0.3) is 0 Å². The highest BCUT2D eigenvalue weighted by atomic mass is 16.5. The molecule has 10 heteroatoms. The molecule has 0 unspecified atom stereocenters. The summed E-state index contributed by atoms with van der Waals surface area (Å²) in [5.41, 5.74) is 11.9. The van der Waals surface area contributed by atoms with E-state index in [1.54, 1.807) is 14.2 Å². The van der Waals surface area contributed by atoms with Gasteiger partial charge in [0.15, 0.2) is 11.3 Å². The molecule has 0 atom stereocenters. The van der Waals surface area contributed by atoms with E-state index in [-0.39, 0.29) is 25.2 Å². The van der Waals surface area contributed by atoms with E-state index in [4.69, 9.17) is 9.47 Å². The van der Waals surface area contributed by atoms with Crippen LogP contribution >= 0.6 is 0 Å². The molecule has 2 saturated heterocycles. The van der Waals surface area contributed by atoms with Crippen LogP contribution in [0, 0.1) is 0 Å². The van der Waals surface area contributed by atoms with Crippen molar-refractivity contribution in [3.05, 3.63) is 93.0 Å². The number of hydrogen-bond acceptors (Lipinski definition) is 6. The number of ether oxygens (including phenoxy) is 2. The number of hydrogen-bond donors (Lipinski definition) is 4. The second kappa shape index (κ2) is 15.4. The fourth-order valence-electron chi connectivity index (χ4n) is 9.17. The van der Waals surface area contributed by atoms with Crippen LogP contribution in [0.15, 0.2) is 48.5 Å². The van der Waals surface area contributed by atoms with Gasteiger partial charge >= 0.3 is 12.1 Å². The van der Waals surface area contributed by atoms with Crippen molar-refractivity contribution >= 4 is 12.1 Å². The molecule has 4 aliphatic heterocycles. The average Bonchev–Trinajstić information content (AvgIpc) is 3.46. The molecule has 3 aromatic carbocycles. The zero-order valence-electron chi connectivity index (χ0n) is 31.5. The van der Waals surface area contributed by atoms with Crippen molar-refractivity contribution in [1.82, 2.24) is 31.3 Å². The molecule has 4 aliphatic rings. The van der Waals surface area contributed by atoms with Crippen molar-refractivity contribution < 1.29 is 19.1 Å². The maximum absolute atomic E-state index is 14.6. The second-order valence-corrected chi connectivity index (χ2v) is 14.9. The third-order valence-electron chi connectivity index (χ3n) is 11.8. The number of carbonyl (C=O) groups excluding carboxylic acids is 2. The van der Waals surface area contributed by atoms with Crippen LogP contribution in [-0.4, -0.2) is 36.1 Å². The molecule has 52 heavy (non-hydrogen) atoms. The minimum absolute atomic E-state index is 0.226. The van der Waals surface area contributed by atoms with E-state index in [1.807, 2.05) is 9.80 Å². The van der Waals surface area contributed by atoms with Crippen LogP contribution in [0.2, 0.25) is 0 Å². The maximum atomic E-state index is 14.6. The van der Waals surface area contributed by atoms with Crippen LogP contribution < -0.4 is 31.0 Å². The molecule has 0 aliphatic carbocycles. The van der Waals surface area contributed by atoms with Gasteiger partial charge < -0.3 is 20.1 Å². The Hall–Kier alpha value is -4.28. The van der Waals surface area contributed by atoms with Crippen LogP contribution in [-0.2, 0) is 50.3 Å². The second-order valence-electron chi connectivity index (χ2n) is 14.9. The first-order valence-corrected chi connectivity index (χ1v) is 19.5. The first-order chi connectivity index (χ1) is 25.4. The fraction of sp³-hybridized carbons (Fsp3) is 0.524. The largest absolute Gasteiger partial charge is 0.496 e. The number of methoxy groups -OCH3 is 2. The Bertz CT molecular complexity index is 1690. The van der Waals surface area contributed by atoms with Gasteiger partial charge in [0.05, 0.1) is 27.3 Å². The Kier molecular flexibility index (Phi) is 10.7. The highest BCUT2D eigenvalue weighted by molar-refractivity contribution is 5.90. The normalized spacial score (nSPS) is 21.6. The first-order valence-electron chi connectivity index (χ1n) is 19.5. The Morgan fingerprint density at radius 2 is 1.00 bits per heavy atom. The maximum Gasteiger partial charge on any atom is 0.322 e. The zero-order chi connectivity index (χ0) is 36.3. The Labute approximate surface area is 309 Å². The summed E-state index contributed by atoms with van der Waals surface area (Å²) in [7, 11) is 3.36. The van der Waals surface area contributed by atoms with Crippen molar-refractivity contribution in [1.29, 1.82) is 0 Å². The topological polar surface area (TPSA) is 107 Å². The molecule has 4 amide bonds. The predicted octanol–water partition coefficient (Wildman–Crippen LogP) is 7.61. The molecular formula is C42H56N6O4. The highest BCUT2D eigenvalue weighted by Crippen LogP contribution is 2.58. The number of rotatable bonds is 16. The van der Waals surface area contributed by atoms with Gasteiger partial charge in [0.2, 0.25) is 0 Å². The summed E-state index contributed by atoms with van der Waals surface area (Å²) in [5.74, 6) is 1.45. The lowest BCUT2D eigenvalue weighted by Gasteiger charge is -2.46. The Morgan fingerprint density at radius 1 is 0.577 bits per heavy atom. The summed E-state index contributed by atoms with van der Waals surface area (Å²) >= 11 is 0. The number of hydrazine groups is 1. The minimum Gasteiger partial charge on any atom is -0.496 e. The van der Waals surface area contributed by atoms with Gasteiger partial charge in [-0.3, -0.25) is 20.7 Å². The van der Waals surface area contributed by atoms with Crippen molar-refractivity contribution in [2.45, 2.75) is 128 Å². The van der Waals surface area contributed by atoms with E-state index in [0.717, 1.165) is 70.6 Å². The van der Waals surface area contributed by atoms with E-state index in [0.29, 0.717) is 13.1 Å². The number of aryl methyl sites for hydroxylation is 2. The number of nitrogens with zero attached hydrogens (tertiary/aromatic N) is 2. The van der Waals surface area contributed by atoms with Crippen molar-refractivity contribution in [2.75, 3.05) is 14.2 Å². The molecular weight excluding hydrogens is 652 g/mol. The molecule has 0 bridgehead atoms. The summed E-state index contributed by atoms with van der Waals surface area (Å²) in [4.78, 5) is 32.9. The summed E-state index contributed by atoms with van der Waals surface area (Å²) in [6, 6.07) is 16.6. The van der Waals surface area contributed by atoms with Gasteiger partial charge in [0.1, 0.15) is 11.5 Å². The highest BCUT2D eigenvalue weighted by Gasteiger charge is 2.74. The van der Waals surface area contributed by atoms with Gasteiger partial charge in [0, 0.05) is 46.5 Å². The van der Waals surface area contributed by atoms with Gasteiger partial charge in [-0.15, -0.1) is 0 Å². The number of fused-ring (bicyclic) bond motifs is 2. The van der Waals surface area contributed by atoms with Crippen LogP contribution in [0.4, 0.5) is 9.59 Å². The summed E-state index contributed by atoms with van der Waals surface area (Å²) in [5, 5.41) is 6.69. The molecule has 4 N–H and O–H groups in total. The first kappa shape index (κ1) is 36.1. The number of nitrogens with one attached hydrogen (secondary N) is 4. The fourth-order valence-corrected chi connectivity index (χ4v) is 9.17. The summed E-state index contributed by atoms with van der Waals surface area (Å²) in [6.45, 7) is 6.01. The van der Waals surface area contributed by atoms with Gasteiger partial charge in [-0.2, -0.15) is 0 Å². The van der Waals surface area contributed by atoms with Gasteiger partial charge in [0.25, 0.3) is 0 Å². The van der Waals surface area contributed by atoms with Gasteiger partial charge in [-0.25, -0.2) is 9.59 Å². The zero-order valence-corrected chi connectivity index (χ0v) is 31.5. The Morgan fingerprint density at radius 3 is 1.42 bits per heavy atom. The van der Waals surface area contributed by atoms with Crippen molar-refractivity contribution in [2.24, 2.45) is 0 Å². The van der Waals surface area contributed by atoms with Gasteiger partial charge in [-0.05, 0) is 36.8 Å². The molecule has 0 spiro atoms. The summed E-state index contributed by atoms with van der Waals surface area (Å²) in [6.07, 6.45) is 14.2. The van der Waals surface area contributed by atoms with Crippen LogP contribution in [0.3, 0.4) is 0 Å². The summed E-state index contributed by atoms with van der Waals surface area (Å²) < 4.78 is 12.3. The van der Waals surface area contributed by atoms with E-state index >= 15 is 0 Å². The lowest BCUT2D eigenvalue weighted by molar-refractivity contribution is -0.0155. The molecule has 7 rings (SSSR count). The standard InChI is InChI=1S/C42H56N6O4/c1-5-7-9-11-13-15-29-17-21-31(22-18-29)41-42(32-23-19-30(20-24-32)16-14-12-10-8-6-2)47(39(49)45-41)27-35-36(28-48(42)40(50)46-41)38(52-4)34-26-44-43-25-33(34)37(35)51-3/h17-24,43-44H,5-16,25-28H2,1-4H3,(H,45,49)(H,46,50). The molecule has 0 aromatic heterocycles. The Balaban J connectivity index is 1.34. The minimum atomic E-state index is -1.26. The number of amides is 4. The lowest BCUT2D eigenvalue weighted by Crippen LogP contribution is -2.61. The molecule has 0 saturated carbocycles. The van der Waals surface area contributed by atoms with Crippen molar-refractivity contribution in [3.63, 3.8) is 0 Å². The third-order valence-corrected chi connectivity index (χ3v) is 11.8. The predicted molar refractivity (Wildman–Crippen MR) is 203 cm³/mol. The molecule has 3 aromatic rings. The van der Waals surface area contributed by atoms with Crippen molar-refractivity contribution in [3.8, 4) is 11.5 Å². The molecule has 10 nitrogen and oxygen atoms in total. The van der Waals surface area contributed by atoms with Gasteiger partial charge in [-0.1, -0.05) is 114 Å². The number of unbranched alkanes of at least 4 members (excludes halogenated alkanes) is 8. The monoisotopic (exact) mass is 708 g/mol. The number of urea groups is 2. The van der Waals surface area contributed by atoms with E-state index in [2.05, 4.69) is 83.9 Å². The van der Waals surface area contributed by atoms with E-state index in [1.165, 1.54) is 62.5 Å². The quantitative estimate of drug-likeness (QED) is 0.114. The SMILES string of the molecule is CCCCCCCc1ccc(C23NC(=O)N4Cc5c(c(OC)c6c(c5OC)CNNC6)CN(C(=O)N2)C43c2ccc(CCCCCCC)cc2)cc1. The van der Waals surface area contributed by atoms with Crippen LogP contribution in [0.5, 0.6) is 11.5 Å². The average molecular weight is 709 g/mol. The molecule has 2 fully saturated rings. The molecule has 0 radical (unpaired) electrons. The number of carbonyl (C=O) groups is 2. The number of benzene rings is 3. The molecule has 4 heterocycles. The molecule has 278 valence electrons. The van der Waals surface area contributed by atoms with E-state index < -0.39 is 11.3 Å². The van der Waals surface area contributed by atoms with E-state index in [9.17, 15) is 9.59 Å². The smallest absolute Gasteiger partial charge is 0.322 e. The van der Waals surface area contributed by atoms with Crippen LogP contribution in [0.1, 0.15) is 123 Å². The lowest BCUT2D eigenvalue weighted by atomic mass is 9.80.